The number of hydrogen-bond acceptors (Lipinski definition) is 7. The van der Waals surface area contributed by atoms with Gasteiger partial charge in [-0.3, -0.25) is 9.36 Å². The summed E-state index contributed by atoms with van der Waals surface area (Å²) in [6.07, 6.45) is 3.27. The first kappa shape index (κ1) is 26.0. The monoisotopic (exact) mass is 640 g/mol. The number of esters is 1. The Bertz CT molecular complexity index is 1520. The van der Waals surface area contributed by atoms with Crippen molar-refractivity contribution in [3.63, 3.8) is 0 Å². The number of rotatable bonds is 5. The van der Waals surface area contributed by atoms with Gasteiger partial charge in [0.15, 0.2) is 4.80 Å². The van der Waals surface area contributed by atoms with Crippen LogP contribution < -0.4 is 14.9 Å². The Morgan fingerprint density at radius 1 is 1.31 bits per heavy atom. The Morgan fingerprint density at radius 2 is 2.00 bits per heavy atom. The van der Waals surface area contributed by atoms with Gasteiger partial charge in [-0.15, -0.1) is 11.8 Å². The zero-order valence-electron chi connectivity index (χ0n) is 19.3. The highest BCUT2D eigenvalue weighted by Gasteiger charge is 2.33. The number of halogens is 2. The summed E-state index contributed by atoms with van der Waals surface area (Å²) in [5.74, 6) is -0.459. The van der Waals surface area contributed by atoms with Crippen LogP contribution in [-0.2, 0) is 9.53 Å². The maximum absolute atomic E-state index is 13.7. The number of phenols is 1. The van der Waals surface area contributed by atoms with Gasteiger partial charge in [-0.05, 0) is 85.5 Å². The van der Waals surface area contributed by atoms with E-state index in [-0.39, 0.29) is 17.4 Å². The number of carbonyl (C=O) groups excluding carboxylic acids is 1. The number of thiazole rings is 1. The Morgan fingerprint density at radius 3 is 2.63 bits per heavy atom. The zero-order chi connectivity index (χ0) is 25.4. The Hall–Kier alpha value is -2.08. The third-order valence-electron chi connectivity index (χ3n) is 5.36. The molecule has 0 saturated carbocycles. The van der Waals surface area contributed by atoms with E-state index in [0.717, 1.165) is 10.5 Å². The van der Waals surface area contributed by atoms with E-state index >= 15 is 0 Å². The van der Waals surface area contributed by atoms with Crippen molar-refractivity contribution in [2.75, 3.05) is 6.26 Å². The molecule has 1 atom stereocenters. The highest BCUT2D eigenvalue weighted by atomic mass is 127. The molecular weight excluding hydrogens is 619 g/mol. The molecular formula is C25H22ClIN2O4S2. The Kier molecular flexibility index (Phi) is 7.80. The lowest BCUT2D eigenvalue weighted by Crippen LogP contribution is -2.40. The second-order valence-electron chi connectivity index (χ2n) is 8.13. The quantitative estimate of drug-likeness (QED) is 0.245. The first-order chi connectivity index (χ1) is 16.6. The van der Waals surface area contributed by atoms with Gasteiger partial charge in [0.1, 0.15) is 5.75 Å². The van der Waals surface area contributed by atoms with Crippen LogP contribution in [0.25, 0.3) is 6.08 Å². The van der Waals surface area contributed by atoms with Crippen LogP contribution in [0.3, 0.4) is 0 Å². The van der Waals surface area contributed by atoms with Crippen LogP contribution in [0.5, 0.6) is 5.75 Å². The normalized spacial score (nSPS) is 15.9. The van der Waals surface area contributed by atoms with Crippen molar-refractivity contribution in [2.45, 2.75) is 37.8 Å². The van der Waals surface area contributed by atoms with Gasteiger partial charge in [0.25, 0.3) is 5.56 Å². The van der Waals surface area contributed by atoms with E-state index in [4.69, 9.17) is 16.3 Å². The number of thioether (sulfide) groups is 1. The largest absolute Gasteiger partial charge is 0.506 e. The minimum atomic E-state index is -0.691. The van der Waals surface area contributed by atoms with Crippen LogP contribution in [0.15, 0.2) is 62.4 Å². The predicted molar refractivity (Wildman–Crippen MR) is 149 cm³/mol. The topological polar surface area (TPSA) is 80.9 Å². The Balaban J connectivity index is 1.96. The van der Waals surface area contributed by atoms with Crippen LogP contribution in [0.1, 0.15) is 37.9 Å². The first-order valence-corrected chi connectivity index (χ1v) is 14.2. The number of carbonyl (C=O) groups is 1. The third-order valence-corrected chi connectivity index (χ3v) is 8.13. The van der Waals surface area contributed by atoms with E-state index in [1.165, 1.54) is 15.9 Å². The van der Waals surface area contributed by atoms with Gasteiger partial charge in [0.05, 0.1) is 31.5 Å². The molecule has 0 radical (unpaired) electrons. The van der Waals surface area contributed by atoms with E-state index < -0.39 is 12.0 Å². The molecule has 1 aliphatic heterocycles. The summed E-state index contributed by atoms with van der Waals surface area (Å²) in [5, 5.41) is 11.0. The molecule has 0 fully saturated rings. The lowest BCUT2D eigenvalue weighted by atomic mass is 9.96. The van der Waals surface area contributed by atoms with Crippen LogP contribution in [0.2, 0.25) is 5.02 Å². The zero-order valence-corrected chi connectivity index (χ0v) is 23.9. The van der Waals surface area contributed by atoms with E-state index in [1.54, 1.807) is 50.7 Å². The molecule has 4 rings (SSSR count). The number of fused-ring (bicyclic) bond motifs is 1. The van der Waals surface area contributed by atoms with Crippen molar-refractivity contribution >= 4 is 69.3 Å². The summed E-state index contributed by atoms with van der Waals surface area (Å²) in [6, 6.07) is 10.3. The second kappa shape index (κ2) is 10.5. The fraction of sp³-hybridized carbons (Fsp3) is 0.240. The van der Waals surface area contributed by atoms with Crippen LogP contribution in [-0.4, -0.2) is 28.0 Å². The molecule has 35 heavy (non-hydrogen) atoms. The minimum Gasteiger partial charge on any atom is -0.506 e. The number of ether oxygens (including phenoxy) is 1. The summed E-state index contributed by atoms with van der Waals surface area (Å²) < 4.78 is 8.00. The molecule has 0 bridgehead atoms. The molecule has 10 heteroatoms. The molecule has 1 aromatic heterocycles. The van der Waals surface area contributed by atoms with Gasteiger partial charge in [-0.25, -0.2) is 9.79 Å². The molecule has 1 N–H and O–H groups in total. The van der Waals surface area contributed by atoms with Crippen molar-refractivity contribution in [2.24, 2.45) is 4.99 Å². The van der Waals surface area contributed by atoms with Crippen molar-refractivity contribution in [1.82, 2.24) is 4.57 Å². The molecule has 0 aliphatic carbocycles. The second-order valence-corrected chi connectivity index (χ2v) is 11.6. The molecule has 0 unspecified atom stereocenters. The number of hydrogen-bond donors (Lipinski definition) is 1. The lowest BCUT2D eigenvalue weighted by Gasteiger charge is -2.25. The van der Waals surface area contributed by atoms with Crippen LogP contribution in [0, 0.1) is 3.57 Å². The van der Waals surface area contributed by atoms with Crippen molar-refractivity contribution in [3.8, 4) is 5.75 Å². The molecule has 6 nitrogen and oxygen atoms in total. The van der Waals surface area contributed by atoms with E-state index in [9.17, 15) is 14.7 Å². The van der Waals surface area contributed by atoms with Gasteiger partial charge < -0.3 is 9.84 Å². The molecule has 3 aromatic rings. The minimum absolute atomic E-state index is 0.0439. The van der Waals surface area contributed by atoms with Gasteiger partial charge >= 0.3 is 5.97 Å². The summed E-state index contributed by atoms with van der Waals surface area (Å²) in [6.45, 7) is 5.32. The maximum Gasteiger partial charge on any atom is 0.338 e. The van der Waals surface area contributed by atoms with E-state index in [2.05, 4.69) is 4.99 Å². The number of benzene rings is 2. The molecule has 1 aliphatic rings. The Labute approximate surface area is 229 Å². The number of aromatic nitrogens is 1. The number of nitrogens with zero attached hydrogens (tertiary/aromatic N) is 2. The summed E-state index contributed by atoms with van der Waals surface area (Å²) in [5.41, 5.74) is 1.73. The summed E-state index contributed by atoms with van der Waals surface area (Å²) in [7, 11) is 0. The first-order valence-electron chi connectivity index (χ1n) is 10.7. The lowest BCUT2D eigenvalue weighted by molar-refractivity contribution is -0.143. The van der Waals surface area contributed by atoms with Gasteiger partial charge in [-0.1, -0.05) is 35.1 Å². The van der Waals surface area contributed by atoms with E-state index in [0.29, 0.717) is 34.8 Å². The number of allylic oxidation sites excluding steroid dienone is 1. The highest BCUT2D eigenvalue weighted by molar-refractivity contribution is 14.1. The van der Waals surface area contributed by atoms with Gasteiger partial charge in [0, 0.05) is 15.5 Å². The average Bonchev–Trinajstić information content (AvgIpc) is 3.10. The number of phenolic OH excluding ortho intramolecular Hbond substituents is 1. The van der Waals surface area contributed by atoms with Gasteiger partial charge in [-0.2, -0.15) is 0 Å². The molecule has 182 valence electrons. The molecule has 2 aromatic carbocycles. The maximum atomic E-state index is 13.7. The molecule has 0 saturated heterocycles. The third kappa shape index (κ3) is 5.23. The smallest absolute Gasteiger partial charge is 0.338 e. The highest BCUT2D eigenvalue weighted by Crippen LogP contribution is 2.32. The summed E-state index contributed by atoms with van der Waals surface area (Å²) in [4.78, 5) is 33.0. The molecule has 0 spiro atoms. The fourth-order valence-electron chi connectivity index (χ4n) is 3.80. The van der Waals surface area contributed by atoms with Crippen LogP contribution >= 0.6 is 57.3 Å². The molecule has 0 amide bonds. The van der Waals surface area contributed by atoms with Crippen molar-refractivity contribution in [1.29, 1.82) is 0 Å². The van der Waals surface area contributed by atoms with Crippen molar-refractivity contribution < 1.29 is 14.6 Å². The summed E-state index contributed by atoms with van der Waals surface area (Å²) >= 11 is 11.0. The predicted octanol–water partition coefficient (Wildman–Crippen LogP) is 4.87. The van der Waals surface area contributed by atoms with Crippen molar-refractivity contribution in [3.05, 3.63) is 87.1 Å². The molecule has 2 heterocycles. The fourth-order valence-corrected chi connectivity index (χ4v) is 6.30. The van der Waals surface area contributed by atoms with E-state index in [1.807, 2.05) is 53.1 Å². The van der Waals surface area contributed by atoms with Crippen LogP contribution in [0.4, 0.5) is 0 Å². The average molecular weight is 641 g/mol. The van der Waals surface area contributed by atoms with Gasteiger partial charge in [0.2, 0.25) is 0 Å². The standard InChI is InChI=1S/C25H22ClIN2O4S2/c1-12(2)33-24(32)20-13(3)28-25-29(21(20)14-5-7-17(34-4)8-6-14)23(31)19(35-25)10-15-9-16(26)11-18(27)22(15)30/h5-12,21,30H,1-4H3/b19-10-/t21-/m0/s1. The SMILES string of the molecule is CSc1ccc([C@H]2C(C(=O)OC(C)C)=C(C)N=c3s/c(=C\c4cc(Cl)cc(I)c4O)c(=O)n32)cc1. The number of aromatic hydroxyl groups is 1.